The van der Waals surface area contributed by atoms with Crippen LogP contribution in [0, 0.1) is 27.3 Å². The van der Waals surface area contributed by atoms with Crippen molar-refractivity contribution in [2.24, 2.45) is 0 Å². The summed E-state index contributed by atoms with van der Waals surface area (Å²) in [6.45, 7) is 0. The maximum atomic E-state index is 13.1. The molecular weight excluding hydrogens is 215 g/mol. The molecule has 0 aliphatic carbocycles. The van der Waals surface area contributed by atoms with E-state index in [0.717, 1.165) is 0 Å². The summed E-state index contributed by atoms with van der Waals surface area (Å²) in [5, 5.41) is 18.7. The van der Waals surface area contributed by atoms with E-state index in [9.17, 15) is 23.3 Å². The SMILES string of the molecule is N#Cc1ncc(C(F)F)c(F)c1[N+](=O)[O-]. The molecule has 0 saturated heterocycles. The lowest BCUT2D eigenvalue weighted by Crippen LogP contribution is -2.03. The molecule has 0 fully saturated rings. The second kappa shape index (κ2) is 3.91. The van der Waals surface area contributed by atoms with E-state index < -0.39 is 34.1 Å². The van der Waals surface area contributed by atoms with Gasteiger partial charge >= 0.3 is 5.69 Å². The molecule has 0 unspecified atom stereocenters. The predicted molar refractivity (Wildman–Crippen MR) is 40.5 cm³/mol. The van der Waals surface area contributed by atoms with E-state index in [1.165, 1.54) is 6.07 Å². The number of rotatable bonds is 2. The largest absolute Gasteiger partial charge is 0.341 e. The standard InChI is InChI=1S/C7H2F3N3O2/c8-5-3(7(9)10)2-12-4(1-11)6(5)13(14)15/h2,7H. The fourth-order valence-corrected chi connectivity index (χ4v) is 0.893. The minimum Gasteiger partial charge on any atom is -0.258 e. The average molecular weight is 217 g/mol. The highest BCUT2D eigenvalue weighted by molar-refractivity contribution is 5.46. The molecule has 0 amide bonds. The van der Waals surface area contributed by atoms with Crippen LogP contribution >= 0.6 is 0 Å². The average Bonchev–Trinajstić information content (AvgIpc) is 2.15. The monoisotopic (exact) mass is 217 g/mol. The maximum absolute atomic E-state index is 13.1. The quantitative estimate of drug-likeness (QED) is 0.560. The Morgan fingerprint density at radius 3 is 2.60 bits per heavy atom. The zero-order valence-corrected chi connectivity index (χ0v) is 6.95. The van der Waals surface area contributed by atoms with Gasteiger partial charge in [-0.15, -0.1) is 0 Å². The van der Waals surface area contributed by atoms with E-state index in [2.05, 4.69) is 4.98 Å². The molecule has 0 aliphatic rings. The Hall–Kier alpha value is -2.17. The zero-order valence-electron chi connectivity index (χ0n) is 6.95. The van der Waals surface area contributed by atoms with Crippen LogP contribution in [0.3, 0.4) is 0 Å². The molecule has 0 saturated carbocycles. The van der Waals surface area contributed by atoms with Crippen molar-refractivity contribution in [2.75, 3.05) is 0 Å². The Kier molecular flexibility index (Phi) is 2.85. The number of hydrogen-bond acceptors (Lipinski definition) is 4. The van der Waals surface area contributed by atoms with Crippen molar-refractivity contribution in [1.82, 2.24) is 4.98 Å². The number of nitro groups is 1. The van der Waals surface area contributed by atoms with E-state index in [-0.39, 0.29) is 0 Å². The molecule has 1 rings (SSSR count). The van der Waals surface area contributed by atoms with E-state index in [0.29, 0.717) is 6.20 Å². The molecule has 0 radical (unpaired) electrons. The smallest absolute Gasteiger partial charge is 0.258 e. The van der Waals surface area contributed by atoms with Gasteiger partial charge in [-0.1, -0.05) is 0 Å². The highest BCUT2D eigenvalue weighted by atomic mass is 19.3. The summed E-state index contributed by atoms with van der Waals surface area (Å²) in [5.74, 6) is -1.72. The molecule has 0 N–H and O–H groups in total. The molecule has 15 heavy (non-hydrogen) atoms. The first-order chi connectivity index (χ1) is 6.99. The van der Waals surface area contributed by atoms with Crippen molar-refractivity contribution in [3.05, 3.63) is 33.4 Å². The summed E-state index contributed by atoms with van der Waals surface area (Å²) in [5.41, 5.74) is -3.35. The first-order valence-electron chi connectivity index (χ1n) is 3.50. The second-order valence-electron chi connectivity index (χ2n) is 2.39. The van der Waals surface area contributed by atoms with Gasteiger partial charge in [-0.25, -0.2) is 13.8 Å². The number of pyridine rings is 1. The summed E-state index contributed by atoms with van der Waals surface area (Å²) < 4.78 is 37.4. The first kappa shape index (κ1) is 10.9. The van der Waals surface area contributed by atoms with Crippen LogP contribution in [0.1, 0.15) is 17.7 Å². The lowest BCUT2D eigenvalue weighted by Gasteiger charge is -2.01. The predicted octanol–water partition coefficient (Wildman–Crippen LogP) is 1.94. The Morgan fingerprint density at radius 2 is 2.20 bits per heavy atom. The Bertz CT molecular complexity index is 456. The molecule has 0 bridgehead atoms. The molecule has 78 valence electrons. The van der Waals surface area contributed by atoms with E-state index >= 15 is 0 Å². The summed E-state index contributed by atoms with van der Waals surface area (Å²) >= 11 is 0. The number of alkyl halides is 2. The summed E-state index contributed by atoms with van der Waals surface area (Å²) in [4.78, 5) is 12.1. The first-order valence-corrected chi connectivity index (χ1v) is 3.50. The highest BCUT2D eigenvalue weighted by Crippen LogP contribution is 2.29. The molecule has 1 heterocycles. The van der Waals surface area contributed by atoms with Gasteiger partial charge in [0.2, 0.25) is 11.5 Å². The zero-order chi connectivity index (χ0) is 11.6. The molecule has 0 spiro atoms. The lowest BCUT2D eigenvalue weighted by atomic mass is 10.2. The number of nitrogens with zero attached hydrogens (tertiary/aromatic N) is 3. The fourth-order valence-electron chi connectivity index (χ4n) is 0.893. The van der Waals surface area contributed by atoms with E-state index in [1.54, 1.807) is 0 Å². The van der Waals surface area contributed by atoms with Crippen molar-refractivity contribution in [3.8, 4) is 6.07 Å². The number of aromatic nitrogens is 1. The third-order valence-electron chi connectivity index (χ3n) is 1.54. The second-order valence-corrected chi connectivity index (χ2v) is 2.39. The third kappa shape index (κ3) is 1.85. The van der Waals surface area contributed by atoms with Gasteiger partial charge in [0.05, 0.1) is 10.5 Å². The van der Waals surface area contributed by atoms with Gasteiger partial charge in [-0.3, -0.25) is 10.1 Å². The van der Waals surface area contributed by atoms with Crippen molar-refractivity contribution >= 4 is 5.69 Å². The van der Waals surface area contributed by atoms with Gasteiger partial charge in [-0.2, -0.15) is 9.65 Å². The Balaban J connectivity index is 3.51. The van der Waals surface area contributed by atoms with E-state index in [1.807, 2.05) is 0 Å². The van der Waals surface area contributed by atoms with Crippen LogP contribution in [0.25, 0.3) is 0 Å². The van der Waals surface area contributed by atoms with Crippen molar-refractivity contribution in [2.45, 2.75) is 6.43 Å². The molecule has 5 nitrogen and oxygen atoms in total. The van der Waals surface area contributed by atoms with Crippen LogP contribution in [0.4, 0.5) is 18.9 Å². The van der Waals surface area contributed by atoms with Gasteiger partial charge in [0.1, 0.15) is 6.07 Å². The van der Waals surface area contributed by atoms with Crippen LogP contribution in [-0.2, 0) is 0 Å². The van der Waals surface area contributed by atoms with Crippen LogP contribution in [0.2, 0.25) is 0 Å². The topological polar surface area (TPSA) is 79.8 Å². The molecule has 0 aliphatic heterocycles. The Morgan fingerprint density at radius 1 is 1.60 bits per heavy atom. The van der Waals surface area contributed by atoms with Gasteiger partial charge in [-0.05, 0) is 0 Å². The molecule has 8 heteroatoms. The third-order valence-corrected chi connectivity index (χ3v) is 1.54. The fraction of sp³-hybridized carbons (Fsp3) is 0.143. The molecule has 0 atom stereocenters. The minimum absolute atomic E-state index is 0.408. The molecule has 1 aromatic heterocycles. The summed E-state index contributed by atoms with van der Waals surface area (Å²) in [6.07, 6.45) is -2.81. The van der Waals surface area contributed by atoms with Crippen molar-refractivity contribution in [3.63, 3.8) is 0 Å². The van der Waals surface area contributed by atoms with Gasteiger partial charge in [0, 0.05) is 6.20 Å². The van der Waals surface area contributed by atoms with Crippen LogP contribution < -0.4 is 0 Å². The van der Waals surface area contributed by atoms with E-state index in [4.69, 9.17) is 5.26 Å². The molecular formula is C7H2F3N3O2. The lowest BCUT2D eigenvalue weighted by molar-refractivity contribution is -0.388. The van der Waals surface area contributed by atoms with Crippen LogP contribution in [0.15, 0.2) is 6.20 Å². The number of nitriles is 1. The Labute approximate surface area is 80.9 Å². The van der Waals surface area contributed by atoms with Crippen molar-refractivity contribution in [1.29, 1.82) is 5.26 Å². The molecule has 0 aromatic carbocycles. The van der Waals surface area contributed by atoms with Gasteiger partial charge < -0.3 is 0 Å². The summed E-state index contributed by atoms with van der Waals surface area (Å²) in [7, 11) is 0. The normalized spacial score (nSPS) is 10.1. The van der Waals surface area contributed by atoms with Crippen LogP contribution in [0.5, 0.6) is 0 Å². The molecule has 1 aromatic rings. The number of hydrogen-bond donors (Lipinski definition) is 0. The van der Waals surface area contributed by atoms with Gasteiger partial charge in [0.25, 0.3) is 6.43 Å². The summed E-state index contributed by atoms with van der Waals surface area (Å²) in [6, 6.07) is 1.25. The van der Waals surface area contributed by atoms with Crippen LogP contribution in [-0.4, -0.2) is 9.91 Å². The number of halogens is 3. The van der Waals surface area contributed by atoms with Gasteiger partial charge in [0.15, 0.2) is 0 Å². The van der Waals surface area contributed by atoms with Crippen molar-refractivity contribution < 1.29 is 18.1 Å². The minimum atomic E-state index is -3.22. The maximum Gasteiger partial charge on any atom is 0.341 e. The highest BCUT2D eigenvalue weighted by Gasteiger charge is 2.28.